The smallest absolute Gasteiger partial charge is 0.0406 e. The molecule has 0 aliphatic carbocycles. The van der Waals surface area contributed by atoms with Gasteiger partial charge in [-0.15, -0.1) is 0 Å². The van der Waals surface area contributed by atoms with Crippen LogP contribution in [0.25, 0.3) is 11.6 Å². The van der Waals surface area contributed by atoms with E-state index in [9.17, 15) is 0 Å². The van der Waals surface area contributed by atoms with Crippen LogP contribution < -0.4 is 0 Å². The molecule has 3 rings (SSSR count). The standard InChI is InChI=1S/C22H19Cl/c1-16-5-3-7-18(13-16)15-22(19-9-11-21(23)12-10-19)20-8-4-6-17(2)14-20/h3-15H,1-2H3/b22-15-. The summed E-state index contributed by atoms with van der Waals surface area (Å²) in [4.78, 5) is 0. The van der Waals surface area contributed by atoms with Crippen molar-refractivity contribution in [3.05, 3.63) is 106 Å². The molecule has 0 nitrogen and oxygen atoms in total. The summed E-state index contributed by atoms with van der Waals surface area (Å²) in [6.07, 6.45) is 2.24. The summed E-state index contributed by atoms with van der Waals surface area (Å²) in [5.74, 6) is 0. The third-order valence-corrected chi connectivity index (χ3v) is 4.09. The van der Waals surface area contributed by atoms with Gasteiger partial charge in [0.25, 0.3) is 0 Å². The van der Waals surface area contributed by atoms with Gasteiger partial charge < -0.3 is 0 Å². The average Bonchev–Trinajstić information content (AvgIpc) is 2.54. The van der Waals surface area contributed by atoms with Crippen molar-refractivity contribution in [1.82, 2.24) is 0 Å². The molecule has 0 radical (unpaired) electrons. The maximum atomic E-state index is 6.05. The number of aryl methyl sites for hydroxylation is 2. The van der Waals surface area contributed by atoms with E-state index in [0.29, 0.717) is 0 Å². The van der Waals surface area contributed by atoms with Crippen molar-refractivity contribution in [1.29, 1.82) is 0 Å². The molecule has 0 N–H and O–H groups in total. The minimum atomic E-state index is 0.757. The Morgan fingerprint density at radius 1 is 0.739 bits per heavy atom. The molecule has 0 fully saturated rings. The van der Waals surface area contributed by atoms with Crippen molar-refractivity contribution in [2.45, 2.75) is 13.8 Å². The second-order valence-electron chi connectivity index (χ2n) is 5.85. The lowest BCUT2D eigenvalue weighted by molar-refractivity contribution is 1.43. The lowest BCUT2D eigenvalue weighted by atomic mass is 9.94. The van der Waals surface area contributed by atoms with Crippen LogP contribution in [-0.2, 0) is 0 Å². The molecule has 0 bridgehead atoms. The fourth-order valence-corrected chi connectivity index (χ4v) is 2.83. The molecule has 3 aromatic carbocycles. The van der Waals surface area contributed by atoms with E-state index >= 15 is 0 Å². The first kappa shape index (κ1) is 15.6. The summed E-state index contributed by atoms with van der Waals surface area (Å²) in [5, 5.41) is 0.757. The number of hydrogen-bond donors (Lipinski definition) is 0. The predicted octanol–water partition coefficient (Wildman–Crippen LogP) is 6.55. The second-order valence-corrected chi connectivity index (χ2v) is 6.28. The van der Waals surface area contributed by atoms with Gasteiger partial charge in [0.05, 0.1) is 0 Å². The van der Waals surface area contributed by atoms with Crippen molar-refractivity contribution in [2.24, 2.45) is 0 Å². The lowest BCUT2D eigenvalue weighted by Crippen LogP contribution is -1.89. The molecule has 0 unspecified atom stereocenters. The number of benzene rings is 3. The molecule has 23 heavy (non-hydrogen) atoms. The third kappa shape index (κ3) is 3.91. The largest absolute Gasteiger partial charge is 0.0843 e. The van der Waals surface area contributed by atoms with Gasteiger partial charge in [0, 0.05) is 5.02 Å². The van der Waals surface area contributed by atoms with Crippen molar-refractivity contribution in [3.63, 3.8) is 0 Å². The average molecular weight is 319 g/mol. The van der Waals surface area contributed by atoms with Gasteiger partial charge >= 0.3 is 0 Å². The van der Waals surface area contributed by atoms with Crippen molar-refractivity contribution < 1.29 is 0 Å². The molecule has 0 aliphatic rings. The first-order chi connectivity index (χ1) is 11.1. The topological polar surface area (TPSA) is 0 Å². The Bertz CT molecular complexity index is 842. The molecule has 0 saturated carbocycles. The van der Waals surface area contributed by atoms with E-state index < -0.39 is 0 Å². The normalized spacial score (nSPS) is 11.5. The fraction of sp³-hybridized carbons (Fsp3) is 0.0909. The first-order valence-corrected chi connectivity index (χ1v) is 8.11. The maximum Gasteiger partial charge on any atom is 0.0406 e. The minimum absolute atomic E-state index is 0.757. The van der Waals surface area contributed by atoms with Crippen molar-refractivity contribution >= 4 is 23.3 Å². The van der Waals surface area contributed by atoms with Crippen molar-refractivity contribution in [2.75, 3.05) is 0 Å². The van der Waals surface area contributed by atoms with Gasteiger partial charge in [-0.1, -0.05) is 83.4 Å². The molecule has 0 spiro atoms. The van der Waals surface area contributed by atoms with E-state index in [1.165, 1.54) is 33.4 Å². The number of hydrogen-bond acceptors (Lipinski definition) is 0. The molecule has 0 atom stereocenters. The monoisotopic (exact) mass is 318 g/mol. The Labute approximate surface area is 143 Å². The van der Waals surface area contributed by atoms with Crippen LogP contribution in [0.1, 0.15) is 27.8 Å². The molecule has 0 saturated heterocycles. The highest BCUT2D eigenvalue weighted by atomic mass is 35.5. The van der Waals surface area contributed by atoms with Gasteiger partial charge in [-0.05, 0) is 54.3 Å². The summed E-state index contributed by atoms with van der Waals surface area (Å²) in [6, 6.07) is 25.2. The zero-order valence-corrected chi connectivity index (χ0v) is 14.1. The molecular formula is C22H19Cl. The molecule has 0 amide bonds. The van der Waals surface area contributed by atoms with Gasteiger partial charge in [0.1, 0.15) is 0 Å². The van der Waals surface area contributed by atoms with Gasteiger partial charge in [-0.3, -0.25) is 0 Å². The molecule has 0 aromatic heterocycles. The molecule has 114 valence electrons. The van der Waals surface area contributed by atoms with Crippen LogP contribution in [0.3, 0.4) is 0 Å². The summed E-state index contributed by atoms with van der Waals surface area (Å²) in [5.41, 5.74) is 7.31. The van der Waals surface area contributed by atoms with Crippen molar-refractivity contribution in [3.8, 4) is 0 Å². The predicted molar refractivity (Wildman–Crippen MR) is 101 cm³/mol. The summed E-state index contributed by atoms with van der Waals surface area (Å²) in [6.45, 7) is 4.24. The van der Waals surface area contributed by atoms with Crippen LogP contribution in [0, 0.1) is 13.8 Å². The third-order valence-electron chi connectivity index (χ3n) is 3.84. The van der Waals surface area contributed by atoms with Crippen LogP contribution in [0.15, 0.2) is 72.8 Å². The highest BCUT2D eigenvalue weighted by Gasteiger charge is 2.06. The van der Waals surface area contributed by atoms with E-state index in [1.807, 2.05) is 12.1 Å². The fourth-order valence-electron chi connectivity index (χ4n) is 2.70. The number of rotatable bonds is 3. The van der Waals surface area contributed by atoms with Crippen LogP contribution in [-0.4, -0.2) is 0 Å². The quantitative estimate of drug-likeness (QED) is 0.480. The van der Waals surface area contributed by atoms with E-state index in [4.69, 9.17) is 11.6 Å². The summed E-state index contributed by atoms with van der Waals surface area (Å²) >= 11 is 6.05. The highest BCUT2D eigenvalue weighted by Crippen LogP contribution is 2.28. The van der Waals surface area contributed by atoms with Crippen LogP contribution >= 0.6 is 11.6 Å². The Morgan fingerprint density at radius 2 is 1.39 bits per heavy atom. The zero-order chi connectivity index (χ0) is 16.2. The van der Waals surface area contributed by atoms with Gasteiger partial charge in [-0.2, -0.15) is 0 Å². The first-order valence-electron chi connectivity index (χ1n) is 7.73. The van der Waals surface area contributed by atoms with Gasteiger partial charge in [-0.25, -0.2) is 0 Å². The van der Waals surface area contributed by atoms with E-state index in [-0.39, 0.29) is 0 Å². The lowest BCUT2D eigenvalue weighted by Gasteiger charge is -2.10. The molecular weight excluding hydrogens is 300 g/mol. The molecule has 0 heterocycles. The minimum Gasteiger partial charge on any atom is -0.0843 e. The molecule has 0 aliphatic heterocycles. The Hall–Kier alpha value is -2.31. The maximum absolute atomic E-state index is 6.05. The SMILES string of the molecule is Cc1cccc(/C=C(/c2ccc(Cl)cc2)c2cccc(C)c2)c1. The van der Waals surface area contributed by atoms with E-state index in [0.717, 1.165) is 5.02 Å². The molecule has 1 heteroatoms. The zero-order valence-electron chi connectivity index (χ0n) is 13.4. The van der Waals surface area contributed by atoms with Gasteiger partial charge in [0.15, 0.2) is 0 Å². The Morgan fingerprint density at radius 3 is 2.04 bits per heavy atom. The van der Waals surface area contributed by atoms with Crippen LogP contribution in [0.2, 0.25) is 5.02 Å². The Balaban J connectivity index is 2.15. The highest BCUT2D eigenvalue weighted by molar-refractivity contribution is 6.30. The summed E-state index contributed by atoms with van der Waals surface area (Å²) < 4.78 is 0. The van der Waals surface area contributed by atoms with E-state index in [2.05, 4.69) is 80.6 Å². The van der Waals surface area contributed by atoms with E-state index in [1.54, 1.807) is 0 Å². The van der Waals surface area contributed by atoms with Crippen LogP contribution in [0.5, 0.6) is 0 Å². The summed E-state index contributed by atoms with van der Waals surface area (Å²) in [7, 11) is 0. The van der Waals surface area contributed by atoms with Crippen LogP contribution in [0.4, 0.5) is 0 Å². The van der Waals surface area contributed by atoms with Gasteiger partial charge in [0.2, 0.25) is 0 Å². The number of halogens is 1. The Kier molecular flexibility index (Phi) is 4.64. The molecule has 3 aromatic rings. The second kappa shape index (κ2) is 6.85.